The topological polar surface area (TPSA) is 89.6 Å². The van der Waals surface area contributed by atoms with Crippen LogP contribution in [0, 0.1) is 0 Å². The summed E-state index contributed by atoms with van der Waals surface area (Å²) >= 11 is 0. The second-order valence-electron chi connectivity index (χ2n) is 6.32. The van der Waals surface area contributed by atoms with Gasteiger partial charge in [-0.1, -0.05) is 30.3 Å². The first-order valence-electron chi connectivity index (χ1n) is 8.52. The van der Waals surface area contributed by atoms with E-state index in [1.165, 1.54) is 0 Å². The van der Waals surface area contributed by atoms with Crippen LogP contribution in [0.2, 0.25) is 0 Å². The van der Waals surface area contributed by atoms with Gasteiger partial charge in [0.1, 0.15) is 11.5 Å². The van der Waals surface area contributed by atoms with Crippen molar-refractivity contribution < 1.29 is 0 Å². The number of nitrogen functional groups attached to an aromatic ring is 1. The maximum atomic E-state index is 13.1. The molecule has 0 aliphatic rings. The summed E-state index contributed by atoms with van der Waals surface area (Å²) in [7, 11) is 0. The molecule has 0 amide bonds. The van der Waals surface area contributed by atoms with Crippen molar-refractivity contribution in [1.82, 2.24) is 19.7 Å². The number of rotatable bonds is 2. The molecule has 6 heteroatoms. The number of fused-ring (bicyclic) bond motifs is 2. The highest BCUT2D eigenvalue weighted by atomic mass is 16.1. The SMILES string of the molecule is Nc1nccc2[nH]nc(-c3ccc4ccn(-c5ccccc5)c(=O)c4c3)c12. The first-order valence-corrected chi connectivity index (χ1v) is 8.52. The third-order valence-electron chi connectivity index (χ3n) is 4.72. The number of nitrogens with two attached hydrogens (primary N) is 1. The smallest absolute Gasteiger partial charge is 0.262 e. The number of hydrogen-bond acceptors (Lipinski definition) is 4. The molecule has 3 aromatic heterocycles. The van der Waals surface area contributed by atoms with Gasteiger partial charge in [-0.25, -0.2) is 4.98 Å². The van der Waals surface area contributed by atoms with Crippen LogP contribution in [0.1, 0.15) is 0 Å². The van der Waals surface area contributed by atoms with E-state index in [-0.39, 0.29) is 5.56 Å². The molecule has 0 spiro atoms. The number of H-pyrrole nitrogens is 1. The van der Waals surface area contributed by atoms with Crippen LogP contribution in [0.4, 0.5) is 5.82 Å². The molecule has 0 fully saturated rings. The standard InChI is InChI=1S/C21H15N5O/c22-20-18-17(8-10-23-20)24-25-19(18)14-7-6-13-9-11-26(21(27)16(13)12-14)15-4-2-1-3-5-15/h1-12H,(H2,22,23)(H,24,25). The lowest BCUT2D eigenvalue weighted by molar-refractivity contribution is 1.01. The minimum absolute atomic E-state index is 0.0773. The van der Waals surface area contributed by atoms with Gasteiger partial charge in [-0.3, -0.25) is 14.5 Å². The lowest BCUT2D eigenvalue weighted by atomic mass is 10.0. The second kappa shape index (κ2) is 5.81. The van der Waals surface area contributed by atoms with Gasteiger partial charge in [-0.05, 0) is 35.7 Å². The van der Waals surface area contributed by atoms with Crippen LogP contribution < -0.4 is 11.3 Å². The molecule has 0 aliphatic carbocycles. The predicted octanol–water partition coefficient (Wildman–Crippen LogP) is 3.51. The fourth-order valence-corrected chi connectivity index (χ4v) is 3.38. The molecular weight excluding hydrogens is 338 g/mol. The fraction of sp³-hybridized carbons (Fsp3) is 0. The Bertz CT molecular complexity index is 1350. The Hall–Kier alpha value is -3.93. The average molecular weight is 353 g/mol. The van der Waals surface area contributed by atoms with E-state index in [1.807, 2.05) is 60.7 Å². The van der Waals surface area contributed by atoms with Gasteiger partial charge in [-0.15, -0.1) is 0 Å². The molecule has 0 radical (unpaired) electrons. The van der Waals surface area contributed by atoms with Crippen molar-refractivity contribution in [2.24, 2.45) is 0 Å². The van der Waals surface area contributed by atoms with Crippen molar-refractivity contribution in [2.45, 2.75) is 0 Å². The molecule has 0 unspecified atom stereocenters. The van der Waals surface area contributed by atoms with Crippen molar-refractivity contribution in [2.75, 3.05) is 5.73 Å². The van der Waals surface area contributed by atoms with E-state index in [4.69, 9.17) is 5.73 Å². The molecule has 5 aromatic rings. The molecule has 0 atom stereocenters. The van der Waals surface area contributed by atoms with Crippen LogP contribution in [0.3, 0.4) is 0 Å². The first-order chi connectivity index (χ1) is 13.2. The number of aromatic amines is 1. The number of aromatic nitrogens is 4. The summed E-state index contributed by atoms with van der Waals surface area (Å²) in [6, 6.07) is 19.0. The number of nitrogens with one attached hydrogen (secondary N) is 1. The summed E-state index contributed by atoms with van der Waals surface area (Å²) < 4.78 is 1.64. The van der Waals surface area contributed by atoms with Gasteiger partial charge in [0.2, 0.25) is 0 Å². The molecule has 130 valence electrons. The van der Waals surface area contributed by atoms with Crippen LogP contribution in [0.15, 0.2) is 77.9 Å². The lowest BCUT2D eigenvalue weighted by Crippen LogP contribution is -2.17. The van der Waals surface area contributed by atoms with Crippen molar-refractivity contribution >= 4 is 27.5 Å². The van der Waals surface area contributed by atoms with E-state index in [9.17, 15) is 4.79 Å². The zero-order chi connectivity index (χ0) is 18.4. The highest BCUT2D eigenvalue weighted by Crippen LogP contribution is 2.30. The molecule has 27 heavy (non-hydrogen) atoms. The monoisotopic (exact) mass is 353 g/mol. The highest BCUT2D eigenvalue weighted by Gasteiger charge is 2.13. The first kappa shape index (κ1) is 15.3. The third kappa shape index (κ3) is 2.38. The number of benzene rings is 2. The summed E-state index contributed by atoms with van der Waals surface area (Å²) in [6.45, 7) is 0. The van der Waals surface area contributed by atoms with Gasteiger partial charge in [0, 0.05) is 29.0 Å². The molecule has 0 saturated heterocycles. The van der Waals surface area contributed by atoms with Gasteiger partial charge in [-0.2, -0.15) is 5.10 Å². The normalized spacial score (nSPS) is 11.3. The molecule has 0 aliphatic heterocycles. The Labute approximate surface area is 153 Å². The van der Waals surface area contributed by atoms with E-state index in [0.717, 1.165) is 27.5 Å². The largest absolute Gasteiger partial charge is 0.383 e. The Morgan fingerprint density at radius 1 is 1.00 bits per heavy atom. The lowest BCUT2D eigenvalue weighted by Gasteiger charge is -2.08. The van der Waals surface area contributed by atoms with Crippen molar-refractivity contribution in [3.05, 3.63) is 83.4 Å². The minimum atomic E-state index is -0.0773. The number of para-hydroxylation sites is 1. The van der Waals surface area contributed by atoms with Crippen LogP contribution in [-0.4, -0.2) is 19.7 Å². The predicted molar refractivity (Wildman–Crippen MR) is 107 cm³/mol. The maximum Gasteiger partial charge on any atom is 0.262 e. The summed E-state index contributed by atoms with van der Waals surface area (Å²) in [5.41, 5.74) is 9.11. The Kier molecular flexibility index (Phi) is 3.30. The molecule has 3 N–H and O–H groups in total. The van der Waals surface area contributed by atoms with Crippen LogP contribution >= 0.6 is 0 Å². The quantitative estimate of drug-likeness (QED) is 0.508. The third-order valence-corrected chi connectivity index (χ3v) is 4.72. The molecule has 3 heterocycles. The minimum Gasteiger partial charge on any atom is -0.383 e. The van der Waals surface area contributed by atoms with Crippen molar-refractivity contribution in [3.63, 3.8) is 0 Å². The molecular formula is C21H15N5O. The van der Waals surface area contributed by atoms with Crippen molar-refractivity contribution in [3.8, 4) is 16.9 Å². The summed E-state index contributed by atoms with van der Waals surface area (Å²) in [4.78, 5) is 17.2. The Morgan fingerprint density at radius 3 is 2.70 bits per heavy atom. The molecule has 0 bridgehead atoms. The molecule has 5 rings (SSSR count). The van der Waals surface area contributed by atoms with E-state index in [2.05, 4.69) is 15.2 Å². The fourth-order valence-electron chi connectivity index (χ4n) is 3.38. The maximum absolute atomic E-state index is 13.1. The highest BCUT2D eigenvalue weighted by molar-refractivity contribution is 6.01. The summed E-state index contributed by atoms with van der Waals surface area (Å²) in [5, 5.41) is 9.62. The van der Waals surface area contributed by atoms with Gasteiger partial charge in [0.25, 0.3) is 5.56 Å². The second-order valence-corrected chi connectivity index (χ2v) is 6.32. The number of anilines is 1. The molecule has 2 aromatic carbocycles. The van der Waals surface area contributed by atoms with Gasteiger partial charge >= 0.3 is 0 Å². The zero-order valence-electron chi connectivity index (χ0n) is 14.3. The Balaban J connectivity index is 1.76. The van der Waals surface area contributed by atoms with E-state index >= 15 is 0 Å². The van der Waals surface area contributed by atoms with Gasteiger partial charge in [0.15, 0.2) is 0 Å². The van der Waals surface area contributed by atoms with Crippen LogP contribution in [0.5, 0.6) is 0 Å². The van der Waals surface area contributed by atoms with E-state index < -0.39 is 0 Å². The van der Waals surface area contributed by atoms with E-state index in [1.54, 1.807) is 17.0 Å². The van der Waals surface area contributed by atoms with E-state index in [0.29, 0.717) is 16.9 Å². The average Bonchev–Trinajstić information content (AvgIpc) is 3.14. The zero-order valence-corrected chi connectivity index (χ0v) is 14.3. The number of pyridine rings is 2. The summed E-state index contributed by atoms with van der Waals surface area (Å²) in [5.74, 6) is 0.408. The van der Waals surface area contributed by atoms with Crippen LogP contribution in [0.25, 0.3) is 38.6 Å². The number of nitrogens with zero attached hydrogens (tertiary/aromatic N) is 3. The van der Waals surface area contributed by atoms with Gasteiger partial charge < -0.3 is 5.73 Å². The van der Waals surface area contributed by atoms with Gasteiger partial charge in [0.05, 0.1) is 10.9 Å². The molecule has 0 saturated carbocycles. The number of hydrogen-bond donors (Lipinski definition) is 2. The Morgan fingerprint density at radius 2 is 1.85 bits per heavy atom. The van der Waals surface area contributed by atoms with Crippen LogP contribution in [-0.2, 0) is 0 Å². The molecule has 6 nitrogen and oxygen atoms in total. The van der Waals surface area contributed by atoms with Crippen molar-refractivity contribution in [1.29, 1.82) is 0 Å². The summed E-state index contributed by atoms with van der Waals surface area (Å²) in [6.07, 6.45) is 3.43.